The molecule has 0 amide bonds. The average molecular weight is 735 g/mol. The summed E-state index contributed by atoms with van der Waals surface area (Å²) in [4.78, 5) is 2.45. The van der Waals surface area contributed by atoms with Crippen LogP contribution in [0.4, 0.5) is 17.1 Å². The monoisotopic (exact) mass is 734 g/mol. The zero-order chi connectivity index (χ0) is 39.1. The Labute approximate surface area is 336 Å². The molecule has 1 aromatic heterocycles. The van der Waals surface area contributed by atoms with Crippen molar-refractivity contribution in [2.24, 2.45) is 0 Å². The van der Waals surface area contributed by atoms with Gasteiger partial charge in [0.2, 0.25) is 0 Å². The van der Waals surface area contributed by atoms with Crippen LogP contribution in [0.25, 0.3) is 60.9 Å². The largest absolute Gasteiger partial charge is 0.310 e. The standard InChI is InChI=1S/C55H46N2/c1-7-8-9-16-36(2)56-52-22-15-12-19-46(52)47-33-38(25-32-53(47)56)37-23-26-39(27-24-37)57(40-28-30-44-42-17-10-13-20-48(42)54(3,4)50(44)34-40)41-29-31-45-43-18-11-14-21-49(43)55(5,6)51(45)35-41/h7-35H,2H2,1,3-6H3/b8-7-,16-9-. The van der Waals surface area contributed by atoms with Gasteiger partial charge >= 0.3 is 0 Å². The van der Waals surface area contributed by atoms with Crippen molar-refractivity contribution >= 4 is 44.6 Å². The third-order valence-electron chi connectivity index (χ3n) is 12.7. The van der Waals surface area contributed by atoms with Crippen LogP contribution in [0, 0.1) is 0 Å². The molecule has 276 valence electrons. The van der Waals surface area contributed by atoms with Crippen LogP contribution in [-0.4, -0.2) is 4.57 Å². The third kappa shape index (κ3) is 5.31. The zero-order valence-electron chi connectivity index (χ0n) is 33.3. The molecule has 7 aromatic carbocycles. The van der Waals surface area contributed by atoms with Gasteiger partial charge in [-0.1, -0.05) is 150 Å². The number of benzene rings is 7. The van der Waals surface area contributed by atoms with Crippen LogP contribution >= 0.6 is 0 Å². The highest BCUT2D eigenvalue weighted by Gasteiger charge is 2.37. The number of allylic oxidation sites excluding steroid dienone is 5. The summed E-state index contributed by atoms with van der Waals surface area (Å²) in [7, 11) is 0. The second-order valence-corrected chi connectivity index (χ2v) is 16.6. The molecular weight excluding hydrogens is 689 g/mol. The van der Waals surface area contributed by atoms with Crippen LogP contribution in [0.2, 0.25) is 0 Å². The Hall–Kier alpha value is -6.64. The van der Waals surface area contributed by atoms with Gasteiger partial charge in [0, 0.05) is 44.4 Å². The minimum atomic E-state index is -0.101. The summed E-state index contributed by atoms with van der Waals surface area (Å²) in [5.41, 5.74) is 19.7. The lowest BCUT2D eigenvalue weighted by Crippen LogP contribution is -2.18. The molecule has 2 aliphatic rings. The van der Waals surface area contributed by atoms with E-state index >= 15 is 0 Å². The first-order valence-electron chi connectivity index (χ1n) is 20.1. The number of aromatic nitrogens is 1. The fourth-order valence-electron chi connectivity index (χ4n) is 9.73. The maximum absolute atomic E-state index is 4.44. The van der Waals surface area contributed by atoms with Crippen LogP contribution in [0.15, 0.2) is 183 Å². The highest BCUT2D eigenvalue weighted by Crippen LogP contribution is 2.53. The van der Waals surface area contributed by atoms with E-state index < -0.39 is 0 Å². The van der Waals surface area contributed by atoms with E-state index in [4.69, 9.17) is 0 Å². The lowest BCUT2D eigenvalue weighted by atomic mass is 9.82. The van der Waals surface area contributed by atoms with Crippen molar-refractivity contribution < 1.29 is 0 Å². The highest BCUT2D eigenvalue weighted by molar-refractivity contribution is 6.11. The van der Waals surface area contributed by atoms with Gasteiger partial charge in [-0.25, -0.2) is 0 Å². The van der Waals surface area contributed by atoms with Gasteiger partial charge in [0.05, 0.1) is 11.0 Å². The average Bonchev–Trinajstić information content (AvgIpc) is 3.78. The van der Waals surface area contributed by atoms with Crippen molar-refractivity contribution in [1.29, 1.82) is 0 Å². The van der Waals surface area contributed by atoms with Gasteiger partial charge in [-0.3, -0.25) is 0 Å². The highest BCUT2D eigenvalue weighted by atomic mass is 15.1. The molecule has 0 unspecified atom stereocenters. The number of hydrogen-bond acceptors (Lipinski definition) is 1. The minimum Gasteiger partial charge on any atom is -0.310 e. The van der Waals surface area contributed by atoms with Gasteiger partial charge in [-0.05, 0) is 123 Å². The van der Waals surface area contributed by atoms with E-state index in [-0.39, 0.29) is 10.8 Å². The van der Waals surface area contributed by atoms with Gasteiger partial charge in [-0.15, -0.1) is 0 Å². The van der Waals surface area contributed by atoms with E-state index in [1.54, 1.807) is 0 Å². The fourth-order valence-corrected chi connectivity index (χ4v) is 9.73. The van der Waals surface area contributed by atoms with Gasteiger partial charge in [0.25, 0.3) is 0 Å². The second-order valence-electron chi connectivity index (χ2n) is 16.6. The van der Waals surface area contributed by atoms with Crippen LogP contribution in [0.5, 0.6) is 0 Å². The zero-order valence-corrected chi connectivity index (χ0v) is 33.3. The quantitative estimate of drug-likeness (QED) is 0.148. The molecule has 0 atom stereocenters. The van der Waals surface area contributed by atoms with E-state index in [0.29, 0.717) is 0 Å². The molecule has 0 saturated heterocycles. The summed E-state index contributed by atoms with van der Waals surface area (Å²) in [5.74, 6) is 0. The number of anilines is 3. The van der Waals surface area contributed by atoms with Crippen LogP contribution in [-0.2, 0) is 10.8 Å². The molecule has 0 radical (unpaired) electrons. The first-order valence-corrected chi connectivity index (χ1v) is 20.1. The molecule has 2 heteroatoms. The van der Waals surface area contributed by atoms with E-state index in [2.05, 4.69) is 201 Å². The van der Waals surface area contributed by atoms with Crippen molar-refractivity contribution in [3.8, 4) is 33.4 Å². The molecule has 0 N–H and O–H groups in total. The van der Waals surface area contributed by atoms with Gasteiger partial charge in [0.15, 0.2) is 0 Å². The Morgan fingerprint density at radius 2 is 1.00 bits per heavy atom. The summed E-state index contributed by atoms with van der Waals surface area (Å²) in [6, 6.07) is 56.5. The van der Waals surface area contributed by atoms with E-state index in [9.17, 15) is 0 Å². The van der Waals surface area contributed by atoms with Gasteiger partial charge < -0.3 is 9.47 Å². The van der Waals surface area contributed by atoms with Gasteiger partial charge in [-0.2, -0.15) is 0 Å². The molecule has 0 aliphatic heterocycles. The second kappa shape index (κ2) is 13.0. The van der Waals surface area contributed by atoms with Crippen LogP contribution in [0.1, 0.15) is 56.9 Å². The SMILES string of the molecule is C=C(/C=C\C=C/C)n1c2ccccc2c2cc(-c3ccc(N(c4ccc5c(c4)C(C)(C)c4ccccc4-5)c4ccc5c(c4)C(C)(C)c4ccccc4-5)cc3)ccc21. The van der Waals surface area contributed by atoms with Crippen molar-refractivity contribution in [2.45, 2.75) is 45.4 Å². The minimum absolute atomic E-state index is 0.101. The van der Waals surface area contributed by atoms with Crippen molar-refractivity contribution in [3.05, 3.63) is 205 Å². The summed E-state index contributed by atoms with van der Waals surface area (Å²) in [5, 5.41) is 2.44. The first-order chi connectivity index (χ1) is 27.7. The number of rotatable bonds is 7. The lowest BCUT2D eigenvalue weighted by Gasteiger charge is -2.30. The molecule has 0 saturated carbocycles. The summed E-state index contributed by atoms with van der Waals surface area (Å²) >= 11 is 0. The topological polar surface area (TPSA) is 8.17 Å². The van der Waals surface area contributed by atoms with Crippen molar-refractivity contribution in [1.82, 2.24) is 4.57 Å². The molecule has 0 bridgehead atoms. The van der Waals surface area contributed by atoms with E-state index in [1.807, 2.05) is 25.2 Å². The Morgan fingerprint density at radius 1 is 0.491 bits per heavy atom. The molecule has 0 spiro atoms. The molecule has 0 fully saturated rings. The molecule has 2 nitrogen and oxygen atoms in total. The first kappa shape index (κ1) is 34.8. The molecule has 10 rings (SSSR count). The Morgan fingerprint density at radius 3 is 1.61 bits per heavy atom. The molecule has 2 aliphatic carbocycles. The Balaban J connectivity index is 1.09. The molecule has 1 heterocycles. The van der Waals surface area contributed by atoms with Crippen molar-refractivity contribution in [3.63, 3.8) is 0 Å². The maximum Gasteiger partial charge on any atom is 0.0541 e. The van der Waals surface area contributed by atoms with Crippen LogP contribution in [0.3, 0.4) is 0 Å². The summed E-state index contributed by atoms with van der Waals surface area (Å²) in [6.07, 6.45) is 8.19. The Bertz CT molecular complexity index is 2880. The predicted octanol–water partition coefficient (Wildman–Crippen LogP) is 15.1. The lowest BCUT2D eigenvalue weighted by molar-refractivity contribution is 0.660. The maximum atomic E-state index is 4.44. The Kier molecular flexibility index (Phi) is 7.92. The number of nitrogens with zero attached hydrogens (tertiary/aromatic N) is 2. The van der Waals surface area contributed by atoms with Crippen LogP contribution < -0.4 is 4.90 Å². The number of para-hydroxylation sites is 1. The number of fused-ring (bicyclic) bond motifs is 9. The number of hydrogen-bond donors (Lipinski definition) is 0. The molecular formula is C55H46N2. The van der Waals surface area contributed by atoms with Crippen molar-refractivity contribution in [2.75, 3.05) is 4.90 Å². The summed E-state index contributed by atoms with van der Waals surface area (Å²) < 4.78 is 2.27. The van der Waals surface area contributed by atoms with E-state index in [1.165, 1.54) is 66.4 Å². The predicted molar refractivity (Wildman–Crippen MR) is 244 cm³/mol. The summed E-state index contributed by atoms with van der Waals surface area (Å²) in [6.45, 7) is 15.9. The van der Waals surface area contributed by atoms with E-state index in [0.717, 1.165) is 33.8 Å². The van der Waals surface area contributed by atoms with Gasteiger partial charge in [0.1, 0.15) is 0 Å². The third-order valence-corrected chi connectivity index (χ3v) is 12.7. The normalized spacial score (nSPS) is 14.6. The molecule has 8 aromatic rings. The fraction of sp³-hybridized carbons (Fsp3) is 0.127. The molecule has 57 heavy (non-hydrogen) atoms. The smallest absolute Gasteiger partial charge is 0.0541 e.